The Morgan fingerprint density at radius 2 is 1.76 bits per heavy atom. The number of hydrogen-bond donors (Lipinski definition) is 2. The molecule has 2 heterocycles. The van der Waals surface area contributed by atoms with Gasteiger partial charge in [-0.15, -0.1) is 0 Å². The molecular weight excluding hydrogens is 619 g/mol. The lowest BCUT2D eigenvalue weighted by Gasteiger charge is -2.30. The van der Waals surface area contributed by atoms with Crippen molar-refractivity contribution in [3.8, 4) is 11.8 Å². The number of ether oxygens (including phenoxy) is 3. The molecule has 14 nitrogen and oxygen atoms in total. The van der Waals surface area contributed by atoms with Crippen molar-refractivity contribution in [2.75, 3.05) is 6.61 Å². The minimum absolute atomic E-state index is 0.166. The van der Waals surface area contributed by atoms with Crippen molar-refractivity contribution >= 4 is 19.7 Å². The van der Waals surface area contributed by atoms with Crippen LogP contribution in [-0.2, 0) is 32.9 Å². The van der Waals surface area contributed by atoms with E-state index in [4.69, 9.17) is 23.3 Å². The number of H-pyrrole nitrogens is 1. The van der Waals surface area contributed by atoms with Crippen LogP contribution in [0.4, 0.5) is 0 Å². The average molecular weight is 663 g/mol. The molecule has 0 amide bonds. The Kier molecular flexibility index (Phi) is 12.9. The number of rotatable bonds is 16. The first-order valence-corrected chi connectivity index (χ1v) is 16.9. The normalized spacial score (nSPS) is 23.0. The number of esters is 2. The Labute approximate surface area is 267 Å². The number of nitrogens with one attached hydrogen (secondary N) is 2. The van der Waals surface area contributed by atoms with Gasteiger partial charge in [0.25, 0.3) is 5.56 Å². The third kappa shape index (κ3) is 9.16. The van der Waals surface area contributed by atoms with E-state index in [1.807, 2.05) is 13.8 Å². The maximum absolute atomic E-state index is 14.1. The molecule has 1 aliphatic rings. The van der Waals surface area contributed by atoms with E-state index in [2.05, 4.69) is 16.1 Å². The summed E-state index contributed by atoms with van der Waals surface area (Å²) in [5.41, 5.74) is -3.17. The van der Waals surface area contributed by atoms with E-state index in [1.54, 1.807) is 44.2 Å². The minimum Gasteiger partial charge on any atom is -0.462 e. The highest BCUT2D eigenvalue weighted by Crippen LogP contribution is 2.50. The van der Waals surface area contributed by atoms with E-state index in [9.17, 15) is 29.0 Å². The first-order chi connectivity index (χ1) is 21.8. The Bertz CT molecular complexity index is 1530. The molecule has 3 rings (SSSR count). The summed E-state index contributed by atoms with van der Waals surface area (Å²) in [7, 11) is -4.38. The van der Waals surface area contributed by atoms with Gasteiger partial charge in [0.05, 0.1) is 24.7 Å². The summed E-state index contributed by atoms with van der Waals surface area (Å²) < 4.78 is 44.1. The van der Waals surface area contributed by atoms with Crippen LogP contribution in [0.5, 0.6) is 5.75 Å². The van der Waals surface area contributed by atoms with Gasteiger partial charge in [0.2, 0.25) is 0 Å². The summed E-state index contributed by atoms with van der Waals surface area (Å²) in [5.74, 6) is -1.53. The van der Waals surface area contributed by atoms with Crippen LogP contribution < -0.4 is 20.9 Å². The second-order valence-corrected chi connectivity index (χ2v) is 13.3. The van der Waals surface area contributed by atoms with Crippen molar-refractivity contribution in [3.05, 3.63) is 63.4 Å². The molecule has 0 spiro atoms. The number of aromatic amines is 1. The smallest absolute Gasteiger partial charge is 0.459 e. The van der Waals surface area contributed by atoms with E-state index in [0.29, 0.717) is 12.8 Å². The fourth-order valence-corrected chi connectivity index (χ4v) is 6.62. The minimum atomic E-state index is -4.38. The number of para-hydroxylation sites is 1. The summed E-state index contributed by atoms with van der Waals surface area (Å²) in [6.45, 7) is 9.56. The number of nitrogens with zero attached hydrogens (tertiary/aromatic N) is 2. The maximum atomic E-state index is 14.1. The first-order valence-electron chi connectivity index (χ1n) is 15.3. The Morgan fingerprint density at radius 3 is 2.33 bits per heavy atom. The van der Waals surface area contributed by atoms with E-state index in [-0.39, 0.29) is 5.75 Å². The quantitative estimate of drug-likeness (QED) is 0.193. The van der Waals surface area contributed by atoms with Gasteiger partial charge in [-0.1, -0.05) is 44.9 Å². The molecule has 0 saturated carbocycles. The van der Waals surface area contributed by atoms with Crippen molar-refractivity contribution in [3.63, 3.8) is 0 Å². The van der Waals surface area contributed by atoms with Gasteiger partial charge < -0.3 is 18.7 Å². The molecule has 1 aromatic carbocycles. The molecular formula is C31H43N4O10P. The van der Waals surface area contributed by atoms with Gasteiger partial charge in [0.1, 0.15) is 23.3 Å². The molecule has 0 radical (unpaired) electrons. The molecule has 1 saturated heterocycles. The van der Waals surface area contributed by atoms with Crippen molar-refractivity contribution < 1.29 is 37.4 Å². The maximum Gasteiger partial charge on any atom is 0.459 e. The van der Waals surface area contributed by atoms with E-state index in [0.717, 1.165) is 23.5 Å². The molecule has 1 aliphatic heterocycles. The fraction of sp³-hybridized carbons (Fsp3) is 0.581. The summed E-state index contributed by atoms with van der Waals surface area (Å²) in [6, 6.07) is 10.2. The van der Waals surface area contributed by atoms with Gasteiger partial charge in [0, 0.05) is 12.3 Å². The third-order valence-electron chi connectivity index (χ3n) is 7.38. The van der Waals surface area contributed by atoms with Crippen molar-refractivity contribution in [1.82, 2.24) is 14.6 Å². The molecule has 2 aromatic rings. The number of aromatic nitrogens is 2. The van der Waals surface area contributed by atoms with Gasteiger partial charge in [0.15, 0.2) is 12.3 Å². The third-order valence-corrected chi connectivity index (χ3v) is 9.02. The molecule has 0 aliphatic carbocycles. The van der Waals surface area contributed by atoms with Crippen molar-refractivity contribution in [2.45, 2.75) is 97.8 Å². The topological polar surface area (TPSA) is 188 Å². The lowest BCUT2D eigenvalue weighted by atomic mass is 9.83. The summed E-state index contributed by atoms with van der Waals surface area (Å²) in [6.07, 6.45) is -0.588. The SMILES string of the molecule is CCCC(CCC)C(=O)O[C@@H]1[C@@H](COP(=O)(N[C@@H](C)C(=O)OC(C)C)Oc2ccccc2)O[C@@H](n2ccc(=O)[nH]c2=O)[C@]1(C)C#N. The summed E-state index contributed by atoms with van der Waals surface area (Å²) in [4.78, 5) is 52.7. The second kappa shape index (κ2) is 16.2. The van der Waals surface area contributed by atoms with Crippen LogP contribution in [0, 0.1) is 22.7 Å². The molecule has 252 valence electrons. The van der Waals surface area contributed by atoms with E-state index < -0.39 is 79.5 Å². The van der Waals surface area contributed by atoms with Gasteiger partial charge in [-0.05, 0) is 52.7 Å². The number of nitriles is 1. The number of carbonyl (C=O) groups excluding carboxylic acids is 2. The Hall–Kier alpha value is -3.76. The second-order valence-electron chi connectivity index (χ2n) is 11.6. The molecule has 2 N–H and O–H groups in total. The zero-order chi connectivity index (χ0) is 34.1. The van der Waals surface area contributed by atoms with E-state index >= 15 is 0 Å². The highest BCUT2D eigenvalue weighted by atomic mass is 31.2. The van der Waals surface area contributed by atoms with E-state index in [1.165, 1.54) is 20.0 Å². The standard InChI is InChI=1S/C31H43N4O10P/c1-7-12-22(13-8-2)28(38)44-26-24(43-29(31(26,6)19-32)35-17-16-25(36)33-30(35)39)18-41-46(40,45-23-14-10-9-11-15-23)34-21(5)27(37)42-20(3)4/h9-11,14-17,20-22,24,26,29H,7-8,12-13,18H2,1-6H3,(H,34,40)(H,33,36,39)/t21-,24+,26+,29+,31+,46?/m0/s1. The molecule has 46 heavy (non-hydrogen) atoms. The zero-order valence-corrected chi connectivity index (χ0v) is 27.9. The van der Waals surface area contributed by atoms with Gasteiger partial charge in [-0.2, -0.15) is 10.3 Å². The molecule has 0 bridgehead atoms. The average Bonchev–Trinajstić information content (AvgIpc) is 3.27. The predicted molar refractivity (Wildman–Crippen MR) is 167 cm³/mol. The lowest BCUT2D eigenvalue weighted by Crippen LogP contribution is -2.44. The highest BCUT2D eigenvalue weighted by molar-refractivity contribution is 7.52. The van der Waals surface area contributed by atoms with Crippen LogP contribution in [0.2, 0.25) is 0 Å². The van der Waals surface area contributed by atoms with Gasteiger partial charge in [-0.3, -0.25) is 28.5 Å². The van der Waals surface area contributed by atoms with Crippen molar-refractivity contribution in [1.29, 1.82) is 5.26 Å². The number of benzene rings is 1. The molecule has 1 aromatic heterocycles. The first kappa shape index (κ1) is 36.7. The zero-order valence-electron chi connectivity index (χ0n) is 27.0. The lowest BCUT2D eigenvalue weighted by molar-refractivity contribution is -0.161. The molecule has 15 heteroatoms. The summed E-state index contributed by atoms with van der Waals surface area (Å²) >= 11 is 0. The van der Waals surface area contributed by atoms with Crippen LogP contribution in [-0.4, -0.2) is 52.5 Å². The van der Waals surface area contributed by atoms with Gasteiger partial charge >= 0.3 is 25.4 Å². The van der Waals surface area contributed by atoms with Crippen molar-refractivity contribution in [2.24, 2.45) is 11.3 Å². The van der Waals surface area contributed by atoms with Crippen LogP contribution >= 0.6 is 7.75 Å². The fourth-order valence-electron chi connectivity index (χ4n) is 5.12. The molecule has 1 fully saturated rings. The van der Waals surface area contributed by atoms with Crippen LogP contribution in [0.15, 0.2) is 52.2 Å². The van der Waals surface area contributed by atoms with Crippen LogP contribution in [0.1, 0.15) is 73.5 Å². The summed E-state index contributed by atoms with van der Waals surface area (Å²) in [5, 5.41) is 13.0. The predicted octanol–water partition coefficient (Wildman–Crippen LogP) is 4.23. The van der Waals surface area contributed by atoms with Crippen LogP contribution in [0.25, 0.3) is 0 Å². The molecule has 6 atom stereocenters. The monoisotopic (exact) mass is 662 g/mol. The Morgan fingerprint density at radius 1 is 1.11 bits per heavy atom. The molecule has 1 unspecified atom stereocenters. The Balaban J connectivity index is 2.00. The number of hydrogen-bond acceptors (Lipinski definition) is 11. The van der Waals surface area contributed by atoms with Gasteiger partial charge in [-0.25, -0.2) is 9.36 Å². The largest absolute Gasteiger partial charge is 0.462 e. The number of carbonyl (C=O) groups is 2. The highest BCUT2D eigenvalue weighted by Gasteiger charge is 2.58. The van der Waals surface area contributed by atoms with Crippen LogP contribution in [0.3, 0.4) is 0 Å².